The van der Waals surface area contributed by atoms with Crippen LogP contribution in [0.25, 0.3) is 56.0 Å². The zero-order valence-corrected chi connectivity index (χ0v) is 27.5. The molecule has 0 fully saturated rings. The Labute approximate surface area is 287 Å². The molecule has 1 aliphatic rings. The van der Waals surface area contributed by atoms with Crippen LogP contribution in [-0.2, 0) is 11.8 Å². The summed E-state index contributed by atoms with van der Waals surface area (Å²) in [6.07, 6.45) is 5.36. The van der Waals surface area contributed by atoms with Gasteiger partial charge in [0.05, 0.1) is 28.4 Å². The molecule has 0 radical (unpaired) electrons. The van der Waals surface area contributed by atoms with Gasteiger partial charge in [0.15, 0.2) is 0 Å². The number of hydrogen-bond acceptors (Lipinski definition) is 2. The molecule has 1 aromatic heterocycles. The van der Waals surface area contributed by atoms with Crippen molar-refractivity contribution in [3.63, 3.8) is 0 Å². The Kier molecular flexibility index (Phi) is 7.33. The highest BCUT2D eigenvalue weighted by Gasteiger charge is 2.32. The lowest BCUT2D eigenvalue weighted by atomic mass is 9.73. The molecule has 0 amide bonds. The maximum absolute atomic E-state index is 10.3. The number of benzene rings is 6. The zero-order valence-electron chi connectivity index (χ0n) is 27.5. The van der Waals surface area contributed by atoms with E-state index in [4.69, 9.17) is 0 Å². The van der Waals surface area contributed by atoms with E-state index in [1.165, 1.54) is 38.8 Å². The summed E-state index contributed by atoms with van der Waals surface area (Å²) in [6, 6.07) is 53.5. The molecule has 3 nitrogen and oxygen atoms in total. The molecule has 49 heavy (non-hydrogen) atoms. The number of aromatic nitrogens is 1. The van der Waals surface area contributed by atoms with Crippen molar-refractivity contribution in [2.45, 2.75) is 25.7 Å². The molecule has 7 aromatic rings. The summed E-state index contributed by atoms with van der Waals surface area (Å²) in [6.45, 7) is 4.30. The van der Waals surface area contributed by atoms with E-state index in [2.05, 4.69) is 151 Å². The first kappa shape index (κ1) is 29.9. The van der Waals surface area contributed by atoms with Crippen LogP contribution in [0.3, 0.4) is 0 Å². The van der Waals surface area contributed by atoms with Crippen molar-refractivity contribution in [1.82, 2.24) is 4.57 Å². The molecule has 1 atom stereocenters. The van der Waals surface area contributed by atoms with Crippen molar-refractivity contribution in [2.24, 2.45) is 0 Å². The lowest BCUT2D eigenvalue weighted by Gasteiger charge is -2.31. The number of nitrogens with zero attached hydrogens (tertiary/aromatic N) is 3. The molecule has 232 valence electrons. The Bertz CT molecular complexity index is 2470. The Morgan fingerprint density at radius 2 is 1.16 bits per heavy atom. The molecule has 0 bridgehead atoms. The highest BCUT2D eigenvalue weighted by molar-refractivity contribution is 5.95. The molecular formula is C46H33N3. The minimum Gasteiger partial charge on any atom is -0.308 e. The van der Waals surface area contributed by atoms with Crippen LogP contribution in [0.4, 0.5) is 0 Å². The van der Waals surface area contributed by atoms with E-state index in [0.717, 1.165) is 40.0 Å². The topological polar surface area (TPSA) is 52.5 Å². The average molecular weight is 628 g/mol. The fraction of sp³-hybridized carbons (Fsp3) is 0.0870. The Hall–Kier alpha value is -6.42. The molecule has 0 aliphatic heterocycles. The summed E-state index contributed by atoms with van der Waals surface area (Å²) in [7, 11) is 0. The maximum Gasteiger partial charge on any atom is 0.101 e. The molecule has 0 spiro atoms. The molecule has 1 heterocycles. The summed E-state index contributed by atoms with van der Waals surface area (Å²) >= 11 is 0. The van der Waals surface area contributed by atoms with Crippen molar-refractivity contribution in [2.75, 3.05) is 0 Å². The van der Waals surface area contributed by atoms with E-state index in [0.29, 0.717) is 11.1 Å². The summed E-state index contributed by atoms with van der Waals surface area (Å²) in [4.78, 5) is 0. The van der Waals surface area contributed by atoms with Crippen molar-refractivity contribution < 1.29 is 0 Å². The van der Waals surface area contributed by atoms with Gasteiger partial charge in [0.25, 0.3) is 0 Å². The standard InChI is InChI=1S/C46H33N3/c1-31-25-32(29-47)26-39(30-48)45(31)49-43-22-19-38(37-15-13-35(14-16-37)33-9-5-3-6-10-33)27-41(43)42-28-46(2,24-23-44(42)49)40-20-17-36(18-21-40)34-11-7-4-8-12-34/h3-27H,28H2,1-2H3. The van der Waals surface area contributed by atoms with Gasteiger partial charge < -0.3 is 4.57 Å². The first-order valence-electron chi connectivity index (χ1n) is 16.6. The van der Waals surface area contributed by atoms with Crippen LogP contribution in [0.15, 0.2) is 146 Å². The van der Waals surface area contributed by atoms with Crippen LogP contribution >= 0.6 is 0 Å². The Morgan fingerprint density at radius 3 is 1.76 bits per heavy atom. The minimum absolute atomic E-state index is 0.230. The second-order valence-corrected chi connectivity index (χ2v) is 13.2. The molecule has 8 rings (SSSR count). The summed E-state index contributed by atoms with van der Waals surface area (Å²) in [5.74, 6) is 0. The first-order chi connectivity index (χ1) is 24.0. The van der Waals surface area contributed by atoms with Gasteiger partial charge in [-0.1, -0.05) is 128 Å². The minimum atomic E-state index is -0.230. The largest absolute Gasteiger partial charge is 0.308 e. The highest BCUT2D eigenvalue weighted by Crippen LogP contribution is 2.44. The number of hydrogen-bond donors (Lipinski definition) is 0. The lowest BCUT2D eigenvalue weighted by molar-refractivity contribution is 0.588. The van der Waals surface area contributed by atoms with Crippen molar-refractivity contribution >= 4 is 17.0 Å². The molecule has 0 N–H and O–H groups in total. The fourth-order valence-corrected chi connectivity index (χ4v) is 7.43. The smallest absolute Gasteiger partial charge is 0.101 e. The third kappa shape index (κ3) is 5.23. The number of fused-ring (bicyclic) bond motifs is 3. The lowest BCUT2D eigenvalue weighted by Crippen LogP contribution is -2.25. The van der Waals surface area contributed by atoms with E-state index in [9.17, 15) is 10.5 Å². The van der Waals surface area contributed by atoms with Gasteiger partial charge >= 0.3 is 0 Å². The number of nitriles is 2. The monoisotopic (exact) mass is 627 g/mol. The quantitative estimate of drug-likeness (QED) is 0.191. The van der Waals surface area contributed by atoms with E-state index in [-0.39, 0.29) is 5.41 Å². The maximum atomic E-state index is 10.3. The summed E-state index contributed by atoms with van der Waals surface area (Å²) < 4.78 is 2.23. The van der Waals surface area contributed by atoms with E-state index in [1.54, 1.807) is 6.07 Å². The van der Waals surface area contributed by atoms with Gasteiger partial charge in [0, 0.05) is 16.5 Å². The Morgan fingerprint density at radius 1 is 0.612 bits per heavy atom. The van der Waals surface area contributed by atoms with Crippen molar-refractivity contribution in [1.29, 1.82) is 10.5 Å². The van der Waals surface area contributed by atoms with E-state index in [1.807, 2.05) is 25.1 Å². The van der Waals surface area contributed by atoms with Crippen LogP contribution in [0, 0.1) is 29.6 Å². The molecule has 1 unspecified atom stereocenters. The SMILES string of the molecule is Cc1cc(C#N)cc(C#N)c1-n1c2c(c3cc(-c4ccc(-c5ccccc5)cc4)ccc31)CC(C)(c1ccc(-c3ccccc3)cc1)C=C2. The van der Waals surface area contributed by atoms with Gasteiger partial charge in [0.2, 0.25) is 0 Å². The molecule has 0 saturated carbocycles. The van der Waals surface area contributed by atoms with E-state index < -0.39 is 0 Å². The van der Waals surface area contributed by atoms with Gasteiger partial charge in [0.1, 0.15) is 6.07 Å². The van der Waals surface area contributed by atoms with Crippen molar-refractivity contribution in [3.05, 3.63) is 179 Å². The van der Waals surface area contributed by atoms with Gasteiger partial charge in [-0.2, -0.15) is 10.5 Å². The third-order valence-electron chi connectivity index (χ3n) is 10.0. The van der Waals surface area contributed by atoms with Gasteiger partial charge in [-0.25, -0.2) is 0 Å². The fourth-order valence-electron chi connectivity index (χ4n) is 7.43. The number of aryl methyl sites for hydroxylation is 1. The second kappa shape index (κ2) is 12.0. The highest BCUT2D eigenvalue weighted by atomic mass is 15.0. The normalized spacial score (nSPS) is 15.0. The van der Waals surface area contributed by atoms with Crippen LogP contribution in [0.5, 0.6) is 0 Å². The van der Waals surface area contributed by atoms with Gasteiger partial charge in [-0.3, -0.25) is 0 Å². The number of allylic oxidation sites excluding steroid dienone is 1. The zero-order chi connectivity index (χ0) is 33.5. The summed E-state index contributed by atoms with van der Waals surface area (Å²) in [5.41, 5.74) is 14.2. The predicted molar refractivity (Wildman–Crippen MR) is 200 cm³/mol. The predicted octanol–water partition coefficient (Wildman–Crippen LogP) is 11.2. The second-order valence-electron chi connectivity index (χ2n) is 13.2. The summed E-state index contributed by atoms with van der Waals surface area (Å²) in [5, 5.41) is 21.1. The van der Waals surface area contributed by atoms with Gasteiger partial charge in [-0.05, 0) is 93.8 Å². The molecule has 3 heteroatoms. The van der Waals surface area contributed by atoms with Crippen molar-refractivity contribution in [3.8, 4) is 51.2 Å². The van der Waals surface area contributed by atoms with Crippen LogP contribution in [0.2, 0.25) is 0 Å². The van der Waals surface area contributed by atoms with E-state index >= 15 is 0 Å². The average Bonchev–Trinajstić information content (AvgIpc) is 3.47. The van der Waals surface area contributed by atoms with Crippen LogP contribution in [0.1, 0.15) is 40.4 Å². The first-order valence-corrected chi connectivity index (χ1v) is 16.6. The number of rotatable bonds is 5. The molecule has 1 aliphatic carbocycles. The van der Waals surface area contributed by atoms with Crippen LogP contribution in [-0.4, -0.2) is 4.57 Å². The molecule has 0 saturated heterocycles. The molecular weight excluding hydrogens is 595 g/mol. The molecule has 6 aromatic carbocycles. The van der Waals surface area contributed by atoms with Crippen LogP contribution < -0.4 is 0 Å². The van der Waals surface area contributed by atoms with Gasteiger partial charge in [-0.15, -0.1) is 0 Å². The third-order valence-corrected chi connectivity index (χ3v) is 10.0. The Balaban J connectivity index is 1.27.